The van der Waals surface area contributed by atoms with Crippen molar-refractivity contribution in [3.63, 3.8) is 0 Å². The topological polar surface area (TPSA) is 85.9 Å². The fourth-order valence-corrected chi connectivity index (χ4v) is 1.17. The summed E-state index contributed by atoms with van der Waals surface area (Å²) in [5.74, 6) is -1.49. The minimum absolute atomic E-state index is 0.0578. The lowest BCUT2D eigenvalue weighted by Gasteiger charge is -2.13. The van der Waals surface area contributed by atoms with Crippen LogP contribution in [0.4, 0.5) is 18.9 Å². The average Bonchev–Trinajstić information content (AvgIpc) is 2.29. The fraction of sp³-hybridized carbons (Fsp3) is 0.182. The van der Waals surface area contributed by atoms with Gasteiger partial charge in [0.1, 0.15) is 6.42 Å². The number of anilines is 1. The van der Waals surface area contributed by atoms with Crippen molar-refractivity contribution in [1.82, 2.24) is 0 Å². The van der Waals surface area contributed by atoms with Crippen LogP contribution < -0.4 is 10.1 Å². The zero-order chi connectivity index (χ0) is 14.5. The van der Waals surface area contributed by atoms with Crippen LogP contribution in [0.3, 0.4) is 0 Å². The van der Waals surface area contributed by atoms with Crippen molar-refractivity contribution in [1.29, 1.82) is 10.5 Å². The molecule has 0 aliphatic carbocycles. The molecule has 0 spiro atoms. The van der Waals surface area contributed by atoms with Gasteiger partial charge in [0.05, 0.1) is 23.4 Å². The maximum atomic E-state index is 12.2. The third-order valence-corrected chi connectivity index (χ3v) is 1.85. The van der Waals surface area contributed by atoms with Crippen molar-refractivity contribution < 1.29 is 22.7 Å². The average molecular weight is 269 g/mol. The summed E-state index contributed by atoms with van der Waals surface area (Å²) >= 11 is 0. The van der Waals surface area contributed by atoms with Crippen LogP contribution in [0.15, 0.2) is 18.2 Å². The minimum atomic E-state index is -4.96. The van der Waals surface area contributed by atoms with Gasteiger partial charge in [-0.2, -0.15) is 10.5 Å². The largest absolute Gasteiger partial charge is 0.573 e. The fourth-order valence-electron chi connectivity index (χ4n) is 1.17. The van der Waals surface area contributed by atoms with E-state index in [0.717, 1.165) is 12.1 Å². The molecule has 0 unspecified atom stereocenters. The Kier molecular flexibility index (Phi) is 4.32. The molecular formula is C11H6F3N3O2. The van der Waals surface area contributed by atoms with Gasteiger partial charge in [0.2, 0.25) is 5.91 Å². The lowest BCUT2D eigenvalue weighted by atomic mass is 10.2. The maximum Gasteiger partial charge on any atom is 0.573 e. The molecule has 0 radical (unpaired) electrons. The maximum absolute atomic E-state index is 12.2. The first-order chi connectivity index (χ1) is 8.85. The minimum Gasteiger partial charge on any atom is -0.404 e. The zero-order valence-electron chi connectivity index (χ0n) is 9.28. The van der Waals surface area contributed by atoms with Crippen LogP contribution in [-0.2, 0) is 4.79 Å². The van der Waals surface area contributed by atoms with Crippen LogP contribution >= 0.6 is 0 Å². The molecule has 1 aromatic carbocycles. The van der Waals surface area contributed by atoms with Crippen LogP contribution in [0.5, 0.6) is 5.75 Å². The molecule has 0 bridgehead atoms. The molecular weight excluding hydrogens is 263 g/mol. The lowest BCUT2D eigenvalue weighted by Crippen LogP contribution is -2.19. The second-order valence-corrected chi connectivity index (χ2v) is 3.25. The van der Waals surface area contributed by atoms with Gasteiger partial charge in [-0.25, -0.2) is 0 Å². The monoisotopic (exact) mass is 269 g/mol. The lowest BCUT2D eigenvalue weighted by molar-refractivity contribution is -0.274. The summed E-state index contributed by atoms with van der Waals surface area (Å²) in [6.45, 7) is 0. The molecule has 0 aliphatic rings. The number of nitrogens with one attached hydrogen (secondary N) is 1. The van der Waals surface area contributed by atoms with Crippen LogP contribution in [0.25, 0.3) is 0 Å². The molecule has 98 valence electrons. The normalized spacial score (nSPS) is 10.2. The Hall–Kier alpha value is -2.74. The quantitative estimate of drug-likeness (QED) is 0.912. The molecule has 1 N–H and O–H groups in total. The third kappa shape index (κ3) is 4.56. The molecule has 1 rings (SSSR count). The number of ether oxygens (including phenoxy) is 1. The molecule has 1 aromatic rings. The molecule has 1 amide bonds. The van der Waals surface area contributed by atoms with Crippen molar-refractivity contribution in [2.75, 3.05) is 5.32 Å². The van der Waals surface area contributed by atoms with E-state index in [9.17, 15) is 18.0 Å². The molecule has 0 fully saturated rings. The first kappa shape index (κ1) is 14.3. The van der Waals surface area contributed by atoms with E-state index in [1.54, 1.807) is 12.1 Å². The zero-order valence-corrected chi connectivity index (χ0v) is 9.28. The first-order valence-corrected chi connectivity index (χ1v) is 4.82. The van der Waals surface area contributed by atoms with Gasteiger partial charge in [-0.1, -0.05) is 0 Å². The summed E-state index contributed by atoms with van der Waals surface area (Å²) in [4.78, 5) is 11.1. The standard InChI is InChI=1S/C11H6F3N3O2/c12-11(13,14)19-9-5-7(6-16)1-2-8(9)17-10(18)3-4-15/h1-2,5H,3H2,(H,17,18). The summed E-state index contributed by atoms with van der Waals surface area (Å²) in [5.41, 5.74) is -0.325. The smallest absolute Gasteiger partial charge is 0.404 e. The van der Waals surface area contributed by atoms with E-state index in [-0.39, 0.29) is 11.3 Å². The highest BCUT2D eigenvalue weighted by molar-refractivity contribution is 5.93. The molecule has 0 saturated heterocycles. The third-order valence-electron chi connectivity index (χ3n) is 1.85. The van der Waals surface area contributed by atoms with Crippen LogP contribution in [0.2, 0.25) is 0 Å². The molecule has 8 heteroatoms. The Morgan fingerprint density at radius 2 is 2.05 bits per heavy atom. The van der Waals surface area contributed by atoms with Crippen LogP contribution in [-0.4, -0.2) is 12.3 Å². The van der Waals surface area contributed by atoms with Crippen molar-refractivity contribution in [3.8, 4) is 17.9 Å². The van der Waals surface area contributed by atoms with Crippen LogP contribution in [0.1, 0.15) is 12.0 Å². The predicted octanol–water partition coefficient (Wildman–Crippen LogP) is 2.31. The van der Waals surface area contributed by atoms with E-state index >= 15 is 0 Å². The van der Waals surface area contributed by atoms with Crippen molar-refractivity contribution in [2.45, 2.75) is 12.8 Å². The highest BCUT2D eigenvalue weighted by Gasteiger charge is 2.32. The summed E-state index contributed by atoms with van der Waals surface area (Å²) < 4.78 is 40.2. The van der Waals surface area contributed by atoms with Gasteiger partial charge in [-0.3, -0.25) is 4.79 Å². The Balaban J connectivity index is 3.06. The number of nitriles is 2. The summed E-state index contributed by atoms with van der Waals surface area (Å²) in [5, 5.41) is 19.0. The Bertz CT molecular complexity index is 570. The van der Waals surface area contributed by atoms with Gasteiger partial charge < -0.3 is 10.1 Å². The number of hydrogen-bond donors (Lipinski definition) is 1. The Morgan fingerprint density at radius 1 is 1.37 bits per heavy atom. The first-order valence-electron chi connectivity index (χ1n) is 4.82. The molecule has 19 heavy (non-hydrogen) atoms. The van der Waals surface area contributed by atoms with Crippen molar-refractivity contribution in [3.05, 3.63) is 23.8 Å². The van der Waals surface area contributed by atoms with Gasteiger partial charge in [-0.05, 0) is 12.1 Å². The Morgan fingerprint density at radius 3 is 2.58 bits per heavy atom. The molecule has 0 saturated carbocycles. The number of hydrogen-bond acceptors (Lipinski definition) is 4. The van der Waals surface area contributed by atoms with E-state index in [4.69, 9.17) is 10.5 Å². The summed E-state index contributed by atoms with van der Waals surface area (Å²) in [6, 6.07) is 6.35. The number of amides is 1. The van der Waals surface area contributed by atoms with E-state index in [2.05, 4.69) is 10.1 Å². The highest BCUT2D eigenvalue weighted by atomic mass is 19.4. The van der Waals surface area contributed by atoms with Gasteiger partial charge in [0.15, 0.2) is 5.75 Å². The second kappa shape index (κ2) is 5.74. The number of halogens is 3. The molecule has 0 aliphatic heterocycles. The molecule has 5 nitrogen and oxygen atoms in total. The SMILES string of the molecule is N#CCC(=O)Nc1ccc(C#N)cc1OC(F)(F)F. The van der Waals surface area contributed by atoms with E-state index in [0.29, 0.717) is 0 Å². The number of alkyl halides is 3. The van der Waals surface area contributed by atoms with Crippen LogP contribution in [0, 0.1) is 22.7 Å². The van der Waals surface area contributed by atoms with E-state index < -0.39 is 24.4 Å². The summed E-state index contributed by atoms with van der Waals surface area (Å²) in [7, 11) is 0. The highest BCUT2D eigenvalue weighted by Crippen LogP contribution is 2.31. The Labute approximate surface area is 105 Å². The van der Waals surface area contributed by atoms with Gasteiger partial charge >= 0.3 is 6.36 Å². The number of rotatable bonds is 3. The predicted molar refractivity (Wildman–Crippen MR) is 56.7 cm³/mol. The number of carbonyl (C=O) groups is 1. The molecule has 0 heterocycles. The van der Waals surface area contributed by atoms with Crippen molar-refractivity contribution in [2.24, 2.45) is 0 Å². The van der Waals surface area contributed by atoms with Gasteiger partial charge in [0.25, 0.3) is 0 Å². The number of nitrogens with zero attached hydrogens (tertiary/aromatic N) is 2. The summed E-state index contributed by atoms with van der Waals surface area (Å²) in [6.07, 6.45) is -5.46. The van der Waals surface area contributed by atoms with E-state index in [1.165, 1.54) is 6.07 Å². The number of benzene rings is 1. The number of carbonyl (C=O) groups excluding carboxylic acids is 1. The molecule has 0 aromatic heterocycles. The van der Waals surface area contributed by atoms with Gasteiger partial charge in [-0.15, -0.1) is 13.2 Å². The van der Waals surface area contributed by atoms with Gasteiger partial charge in [0, 0.05) is 6.07 Å². The van der Waals surface area contributed by atoms with Crippen molar-refractivity contribution >= 4 is 11.6 Å². The molecule has 0 atom stereocenters. The van der Waals surface area contributed by atoms with E-state index in [1.807, 2.05) is 0 Å². The second-order valence-electron chi connectivity index (χ2n) is 3.25.